The fraction of sp³-hybridized carbons (Fsp3) is 0.235. The maximum Gasteiger partial charge on any atom is 0.416 e. The molecule has 1 aliphatic rings. The van der Waals surface area contributed by atoms with Crippen molar-refractivity contribution in [2.24, 2.45) is 0 Å². The second-order valence-electron chi connectivity index (χ2n) is 5.33. The summed E-state index contributed by atoms with van der Waals surface area (Å²) >= 11 is 0. The lowest BCUT2D eigenvalue weighted by Crippen LogP contribution is -2.30. The van der Waals surface area contributed by atoms with Crippen LogP contribution in [0.2, 0.25) is 0 Å². The minimum atomic E-state index is -4.51. The average molecular weight is 321 g/mol. The molecule has 23 heavy (non-hydrogen) atoms. The maximum absolute atomic E-state index is 12.9. The second kappa shape index (κ2) is 5.30. The summed E-state index contributed by atoms with van der Waals surface area (Å²) in [5, 5.41) is 0. The van der Waals surface area contributed by atoms with E-state index in [-0.39, 0.29) is 11.3 Å². The molecular formula is C17H14F3NO2. The van der Waals surface area contributed by atoms with Crippen LogP contribution in [0.25, 0.3) is 0 Å². The Morgan fingerprint density at radius 1 is 1.09 bits per heavy atom. The Morgan fingerprint density at radius 2 is 1.83 bits per heavy atom. The molecule has 0 aliphatic carbocycles. The van der Waals surface area contributed by atoms with E-state index in [9.17, 15) is 18.0 Å². The zero-order chi connectivity index (χ0) is 16.8. The normalized spacial score (nSPS) is 14.0. The number of anilines is 1. The van der Waals surface area contributed by atoms with Crippen LogP contribution < -0.4 is 9.64 Å². The molecule has 2 aromatic carbocycles. The SMILES string of the molecule is CCN1C(=O)c2cc(C(F)(F)F)ccc2Oc2cc(C)ccc21. The fourth-order valence-corrected chi connectivity index (χ4v) is 2.58. The summed E-state index contributed by atoms with van der Waals surface area (Å²) < 4.78 is 44.5. The van der Waals surface area contributed by atoms with Crippen molar-refractivity contribution in [1.29, 1.82) is 0 Å². The summed E-state index contributed by atoms with van der Waals surface area (Å²) in [5.41, 5.74) is 0.525. The molecule has 2 aromatic rings. The number of amides is 1. The van der Waals surface area contributed by atoms with Gasteiger partial charge in [-0.3, -0.25) is 4.79 Å². The van der Waals surface area contributed by atoms with Crippen LogP contribution in [-0.4, -0.2) is 12.5 Å². The van der Waals surface area contributed by atoms with Gasteiger partial charge in [-0.05, 0) is 49.7 Å². The van der Waals surface area contributed by atoms with Gasteiger partial charge in [0.1, 0.15) is 5.75 Å². The maximum atomic E-state index is 12.9. The molecule has 0 radical (unpaired) electrons. The molecule has 0 bridgehead atoms. The number of hydrogen-bond acceptors (Lipinski definition) is 2. The van der Waals surface area contributed by atoms with Gasteiger partial charge in [0.05, 0.1) is 16.8 Å². The third-order valence-electron chi connectivity index (χ3n) is 3.72. The van der Waals surface area contributed by atoms with Gasteiger partial charge in [0.2, 0.25) is 0 Å². The van der Waals surface area contributed by atoms with Crippen LogP contribution in [0.5, 0.6) is 11.5 Å². The summed E-state index contributed by atoms with van der Waals surface area (Å²) in [7, 11) is 0. The number of rotatable bonds is 1. The zero-order valence-corrected chi connectivity index (χ0v) is 12.6. The van der Waals surface area contributed by atoms with Crippen molar-refractivity contribution in [2.45, 2.75) is 20.0 Å². The number of alkyl halides is 3. The number of nitrogens with zero attached hydrogens (tertiary/aromatic N) is 1. The van der Waals surface area contributed by atoms with Crippen molar-refractivity contribution in [2.75, 3.05) is 11.4 Å². The van der Waals surface area contributed by atoms with Gasteiger partial charge < -0.3 is 9.64 Å². The largest absolute Gasteiger partial charge is 0.454 e. The summed E-state index contributed by atoms with van der Waals surface area (Å²) in [6, 6.07) is 8.29. The minimum absolute atomic E-state index is 0.0875. The van der Waals surface area contributed by atoms with Crippen LogP contribution >= 0.6 is 0 Å². The van der Waals surface area contributed by atoms with Gasteiger partial charge in [-0.15, -0.1) is 0 Å². The van der Waals surface area contributed by atoms with E-state index in [1.54, 1.807) is 19.1 Å². The molecule has 0 spiro atoms. The van der Waals surface area contributed by atoms with E-state index in [0.29, 0.717) is 18.0 Å². The van der Waals surface area contributed by atoms with Crippen LogP contribution in [0.3, 0.4) is 0 Å². The smallest absolute Gasteiger partial charge is 0.416 e. The molecule has 0 saturated carbocycles. The summed E-state index contributed by atoms with van der Waals surface area (Å²) in [6.45, 7) is 3.97. The average Bonchev–Trinajstić information content (AvgIpc) is 2.59. The molecule has 0 N–H and O–H groups in total. The Morgan fingerprint density at radius 3 is 2.48 bits per heavy atom. The monoisotopic (exact) mass is 321 g/mol. The number of hydrogen-bond donors (Lipinski definition) is 0. The Bertz CT molecular complexity index is 784. The Kier molecular flexibility index (Phi) is 3.55. The van der Waals surface area contributed by atoms with Gasteiger partial charge in [-0.1, -0.05) is 6.07 Å². The number of carbonyl (C=O) groups is 1. The quantitative estimate of drug-likeness (QED) is 0.756. The molecular weight excluding hydrogens is 307 g/mol. The van der Waals surface area contributed by atoms with Crippen LogP contribution in [0.15, 0.2) is 36.4 Å². The molecule has 3 rings (SSSR count). The summed E-state index contributed by atoms with van der Waals surface area (Å²) in [5.74, 6) is 0.0840. The molecule has 0 fully saturated rings. The van der Waals surface area contributed by atoms with E-state index in [4.69, 9.17) is 4.74 Å². The molecule has 0 aromatic heterocycles. The third-order valence-corrected chi connectivity index (χ3v) is 3.72. The van der Waals surface area contributed by atoms with E-state index in [1.165, 1.54) is 11.0 Å². The zero-order valence-electron chi connectivity index (χ0n) is 12.6. The van der Waals surface area contributed by atoms with Crippen molar-refractivity contribution in [3.05, 3.63) is 53.1 Å². The predicted molar refractivity (Wildman–Crippen MR) is 80.0 cm³/mol. The van der Waals surface area contributed by atoms with E-state index in [1.807, 2.05) is 13.0 Å². The highest BCUT2D eigenvalue weighted by Crippen LogP contribution is 2.41. The van der Waals surface area contributed by atoms with Crippen molar-refractivity contribution in [1.82, 2.24) is 0 Å². The Hall–Kier alpha value is -2.50. The molecule has 1 amide bonds. The van der Waals surface area contributed by atoms with E-state index < -0.39 is 17.6 Å². The number of ether oxygens (including phenoxy) is 1. The highest BCUT2D eigenvalue weighted by Gasteiger charge is 2.34. The summed E-state index contributed by atoms with van der Waals surface area (Å²) in [4.78, 5) is 14.1. The minimum Gasteiger partial charge on any atom is -0.454 e. The first kappa shape index (κ1) is 15.4. The fourth-order valence-electron chi connectivity index (χ4n) is 2.58. The molecule has 6 heteroatoms. The lowest BCUT2D eigenvalue weighted by molar-refractivity contribution is -0.137. The first-order chi connectivity index (χ1) is 10.8. The summed E-state index contributed by atoms with van der Waals surface area (Å²) in [6.07, 6.45) is -4.51. The van der Waals surface area contributed by atoms with E-state index in [2.05, 4.69) is 0 Å². The lowest BCUT2D eigenvalue weighted by atomic mass is 10.1. The van der Waals surface area contributed by atoms with Gasteiger partial charge in [-0.2, -0.15) is 13.2 Å². The van der Waals surface area contributed by atoms with Crippen LogP contribution in [0.4, 0.5) is 18.9 Å². The number of halogens is 3. The molecule has 120 valence electrons. The predicted octanol–water partition coefficient (Wildman–Crippen LogP) is 4.79. The first-order valence-electron chi connectivity index (χ1n) is 7.13. The highest BCUT2D eigenvalue weighted by atomic mass is 19.4. The Labute approximate surface area is 131 Å². The van der Waals surface area contributed by atoms with Gasteiger partial charge in [-0.25, -0.2) is 0 Å². The number of aryl methyl sites for hydroxylation is 1. The molecule has 0 unspecified atom stereocenters. The Balaban J connectivity index is 2.19. The number of benzene rings is 2. The van der Waals surface area contributed by atoms with E-state index >= 15 is 0 Å². The van der Waals surface area contributed by atoms with Crippen molar-refractivity contribution in [3.63, 3.8) is 0 Å². The van der Waals surface area contributed by atoms with Crippen molar-refractivity contribution < 1.29 is 22.7 Å². The molecule has 1 aliphatic heterocycles. The number of fused-ring (bicyclic) bond motifs is 2. The number of carbonyl (C=O) groups excluding carboxylic acids is 1. The van der Waals surface area contributed by atoms with Gasteiger partial charge in [0, 0.05) is 6.54 Å². The lowest BCUT2D eigenvalue weighted by Gasteiger charge is -2.20. The molecule has 1 heterocycles. The van der Waals surface area contributed by atoms with E-state index in [0.717, 1.165) is 17.7 Å². The van der Waals surface area contributed by atoms with Gasteiger partial charge in [0.25, 0.3) is 5.91 Å². The molecule has 0 saturated heterocycles. The van der Waals surface area contributed by atoms with Crippen LogP contribution in [-0.2, 0) is 6.18 Å². The first-order valence-corrected chi connectivity index (χ1v) is 7.13. The van der Waals surface area contributed by atoms with Crippen LogP contribution in [0.1, 0.15) is 28.4 Å². The molecule has 0 atom stereocenters. The van der Waals surface area contributed by atoms with Gasteiger partial charge >= 0.3 is 6.18 Å². The molecule has 3 nitrogen and oxygen atoms in total. The van der Waals surface area contributed by atoms with Crippen LogP contribution in [0, 0.1) is 6.92 Å². The van der Waals surface area contributed by atoms with Crippen molar-refractivity contribution in [3.8, 4) is 11.5 Å². The standard InChI is InChI=1S/C17H14F3NO2/c1-3-21-13-6-4-10(2)8-15(13)23-14-7-5-11(17(18,19)20)9-12(14)16(21)22/h4-9H,3H2,1-2H3. The third kappa shape index (κ3) is 2.65. The highest BCUT2D eigenvalue weighted by molar-refractivity contribution is 6.09. The topological polar surface area (TPSA) is 29.5 Å². The van der Waals surface area contributed by atoms with Gasteiger partial charge in [0.15, 0.2) is 5.75 Å². The van der Waals surface area contributed by atoms with Crippen molar-refractivity contribution >= 4 is 11.6 Å². The second-order valence-corrected chi connectivity index (χ2v) is 5.33.